The summed E-state index contributed by atoms with van der Waals surface area (Å²) in [5.74, 6) is -3.45. The van der Waals surface area contributed by atoms with Crippen molar-refractivity contribution in [3.63, 3.8) is 0 Å². The van der Waals surface area contributed by atoms with Gasteiger partial charge < -0.3 is 14.6 Å². The molecule has 0 atom stereocenters. The van der Waals surface area contributed by atoms with Gasteiger partial charge in [-0.2, -0.15) is 0 Å². The maximum absolute atomic E-state index is 14.0. The highest BCUT2D eigenvalue weighted by Gasteiger charge is 2.47. The van der Waals surface area contributed by atoms with E-state index in [1.165, 1.54) is 14.2 Å². The predicted octanol–water partition coefficient (Wildman–Crippen LogP) is 3.27. The van der Waals surface area contributed by atoms with Crippen molar-refractivity contribution in [3.05, 3.63) is 23.3 Å². The fraction of sp³-hybridized carbons (Fsp3) is 0.533. The molecule has 1 aliphatic rings. The molecule has 1 aromatic carbocycles. The second kappa shape index (κ2) is 5.87. The van der Waals surface area contributed by atoms with Gasteiger partial charge >= 0.3 is 5.97 Å². The molecule has 1 aliphatic carbocycles. The van der Waals surface area contributed by atoms with Gasteiger partial charge in [0.15, 0.2) is 23.1 Å². The molecule has 1 saturated carbocycles. The number of hydrogen-bond acceptors (Lipinski definition) is 3. The number of halogens is 2. The van der Waals surface area contributed by atoms with E-state index < -0.39 is 23.0 Å². The van der Waals surface area contributed by atoms with Gasteiger partial charge in [-0.05, 0) is 12.8 Å². The van der Waals surface area contributed by atoms with Crippen molar-refractivity contribution in [2.45, 2.75) is 37.5 Å². The van der Waals surface area contributed by atoms with Crippen LogP contribution in [0.15, 0.2) is 6.07 Å². The molecular weight excluding hydrogens is 282 g/mol. The fourth-order valence-electron chi connectivity index (χ4n) is 3.14. The van der Waals surface area contributed by atoms with E-state index in [1.54, 1.807) is 0 Å². The van der Waals surface area contributed by atoms with E-state index in [-0.39, 0.29) is 17.1 Å². The third kappa shape index (κ3) is 2.43. The molecule has 116 valence electrons. The lowest BCUT2D eigenvalue weighted by atomic mass is 9.68. The Morgan fingerprint density at radius 3 is 1.95 bits per heavy atom. The van der Waals surface area contributed by atoms with Crippen LogP contribution in [0, 0.1) is 11.6 Å². The second-order valence-corrected chi connectivity index (χ2v) is 5.23. The van der Waals surface area contributed by atoms with Crippen LogP contribution in [0.3, 0.4) is 0 Å². The first-order valence-electron chi connectivity index (χ1n) is 6.81. The second-order valence-electron chi connectivity index (χ2n) is 5.23. The lowest BCUT2D eigenvalue weighted by Crippen LogP contribution is -2.39. The summed E-state index contributed by atoms with van der Waals surface area (Å²) in [6.07, 6.45) is 2.86. The molecule has 1 fully saturated rings. The first-order chi connectivity index (χ1) is 9.97. The highest BCUT2D eigenvalue weighted by atomic mass is 19.1. The lowest BCUT2D eigenvalue weighted by Gasteiger charge is -2.35. The van der Waals surface area contributed by atoms with Gasteiger partial charge in [0.1, 0.15) is 5.41 Å². The van der Waals surface area contributed by atoms with Gasteiger partial charge in [-0.1, -0.05) is 19.3 Å². The molecule has 21 heavy (non-hydrogen) atoms. The van der Waals surface area contributed by atoms with Crippen LogP contribution in [0.1, 0.15) is 37.7 Å². The zero-order chi connectivity index (χ0) is 15.6. The normalized spacial score (nSPS) is 17.3. The standard InChI is InChI=1S/C15H18F2O4/c1-20-12-9(16)8-10(17)13(21-2)11(12)15(14(18)19)6-4-3-5-7-15/h8H,3-7H2,1-2H3,(H,18,19). The number of carboxylic acids is 1. The van der Waals surface area contributed by atoms with E-state index in [0.717, 1.165) is 6.42 Å². The number of hydrogen-bond donors (Lipinski definition) is 1. The van der Waals surface area contributed by atoms with Crippen molar-refractivity contribution >= 4 is 5.97 Å². The average molecular weight is 300 g/mol. The van der Waals surface area contributed by atoms with Gasteiger partial charge in [-0.25, -0.2) is 8.78 Å². The summed E-state index contributed by atoms with van der Waals surface area (Å²) in [4.78, 5) is 11.9. The summed E-state index contributed by atoms with van der Waals surface area (Å²) in [5, 5.41) is 9.71. The lowest BCUT2D eigenvalue weighted by molar-refractivity contribution is -0.145. The van der Waals surface area contributed by atoms with Gasteiger partial charge in [0.25, 0.3) is 0 Å². The molecule has 6 heteroatoms. The number of carbonyl (C=O) groups is 1. The Bertz CT molecular complexity index is 523. The topological polar surface area (TPSA) is 55.8 Å². The molecule has 0 radical (unpaired) electrons. The minimum atomic E-state index is -1.38. The van der Waals surface area contributed by atoms with Crippen molar-refractivity contribution in [2.24, 2.45) is 0 Å². The SMILES string of the molecule is COc1c(F)cc(F)c(OC)c1C1(C(=O)O)CCCCC1. The maximum atomic E-state index is 14.0. The zero-order valence-corrected chi connectivity index (χ0v) is 12.0. The van der Waals surface area contributed by atoms with E-state index in [1.807, 2.05) is 0 Å². The molecule has 1 aromatic rings. The molecule has 0 amide bonds. The summed E-state index contributed by atoms with van der Waals surface area (Å²) in [7, 11) is 2.47. The number of carboxylic acid groups (broad SMARTS) is 1. The molecule has 4 nitrogen and oxygen atoms in total. The van der Waals surface area contributed by atoms with Crippen molar-refractivity contribution < 1.29 is 28.2 Å². The van der Waals surface area contributed by atoms with Crippen molar-refractivity contribution in [1.29, 1.82) is 0 Å². The Balaban J connectivity index is 2.77. The number of rotatable bonds is 4. The van der Waals surface area contributed by atoms with Crippen LogP contribution in [-0.2, 0) is 10.2 Å². The summed E-state index contributed by atoms with van der Waals surface area (Å²) in [6, 6.07) is 0.652. The molecule has 0 bridgehead atoms. The Morgan fingerprint density at radius 2 is 1.57 bits per heavy atom. The smallest absolute Gasteiger partial charge is 0.314 e. The molecule has 0 spiro atoms. The molecule has 2 rings (SSSR count). The summed E-state index contributed by atoms with van der Waals surface area (Å²) in [6.45, 7) is 0. The maximum Gasteiger partial charge on any atom is 0.314 e. The molecule has 0 heterocycles. The third-order valence-electron chi connectivity index (χ3n) is 4.14. The fourth-order valence-corrected chi connectivity index (χ4v) is 3.14. The van der Waals surface area contributed by atoms with Crippen LogP contribution in [0.4, 0.5) is 8.78 Å². The van der Waals surface area contributed by atoms with Gasteiger partial charge in [-0.3, -0.25) is 4.79 Å². The van der Waals surface area contributed by atoms with E-state index >= 15 is 0 Å². The first kappa shape index (κ1) is 15.5. The van der Waals surface area contributed by atoms with Crippen molar-refractivity contribution in [3.8, 4) is 11.5 Å². The van der Waals surface area contributed by atoms with Crippen LogP contribution < -0.4 is 9.47 Å². The van der Waals surface area contributed by atoms with Gasteiger partial charge in [0.05, 0.1) is 19.8 Å². The molecule has 0 unspecified atom stereocenters. The zero-order valence-electron chi connectivity index (χ0n) is 12.0. The molecular formula is C15H18F2O4. The van der Waals surface area contributed by atoms with Crippen LogP contribution in [0.5, 0.6) is 11.5 Å². The average Bonchev–Trinajstić information content (AvgIpc) is 2.47. The summed E-state index contributed by atoms with van der Waals surface area (Å²) < 4.78 is 38.0. The molecule has 0 aromatic heterocycles. The van der Waals surface area contributed by atoms with Crippen LogP contribution in [0.25, 0.3) is 0 Å². The molecule has 0 saturated heterocycles. The van der Waals surface area contributed by atoms with Crippen molar-refractivity contribution in [2.75, 3.05) is 14.2 Å². The van der Waals surface area contributed by atoms with E-state index in [2.05, 4.69) is 0 Å². The minimum absolute atomic E-state index is 0.0304. The van der Waals surface area contributed by atoms with E-state index in [0.29, 0.717) is 31.7 Å². The summed E-state index contributed by atoms with van der Waals surface area (Å²) in [5.41, 5.74) is -1.41. The highest BCUT2D eigenvalue weighted by molar-refractivity contribution is 5.84. The first-order valence-corrected chi connectivity index (χ1v) is 6.81. The van der Waals surface area contributed by atoms with E-state index in [4.69, 9.17) is 9.47 Å². The Kier molecular flexibility index (Phi) is 4.34. The number of methoxy groups -OCH3 is 2. The highest BCUT2D eigenvalue weighted by Crippen LogP contribution is 2.49. The number of ether oxygens (including phenoxy) is 2. The molecule has 1 N–H and O–H groups in total. The largest absolute Gasteiger partial charge is 0.493 e. The van der Waals surface area contributed by atoms with Crippen LogP contribution >= 0.6 is 0 Å². The number of benzene rings is 1. The van der Waals surface area contributed by atoms with E-state index in [9.17, 15) is 18.7 Å². The quantitative estimate of drug-likeness (QED) is 0.927. The number of aliphatic carboxylic acids is 1. The van der Waals surface area contributed by atoms with Gasteiger partial charge in [0.2, 0.25) is 0 Å². The van der Waals surface area contributed by atoms with Crippen LogP contribution in [-0.4, -0.2) is 25.3 Å². The Morgan fingerprint density at radius 1 is 1.10 bits per heavy atom. The van der Waals surface area contributed by atoms with Gasteiger partial charge in [0, 0.05) is 6.07 Å². The van der Waals surface area contributed by atoms with Crippen molar-refractivity contribution in [1.82, 2.24) is 0 Å². The Labute approximate surface area is 121 Å². The third-order valence-corrected chi connectivity index (χ3v) is 4.14. The molecule has 0 aliphatic heterocycles. The monoisotopic (exact) mass is 300 g/mol. The minimum Gasteiger partial charge on any atom is -0.493 e. The Hall–Kier alpha value is -1.85. The summed E-state index contributed by atoms with van der Waals surface area (Å²) >= 11 is 0. The predicted molar refractivity (Wildman–Crippen MR) is 71.9 cm³/mol. The van der Waals surface area contributed by atoms with Crippen LogP contribution in [0.2, 0.25) is 0 Å². The van der Waals surface area contributed by atoms with Gasteiger partial charge in [-0.15, -0.1) is 0 Å².